The van der Waals surface area contributed by atoms with Crippen LogP contribution in [0.4, 0.5) is 0 Å². The molecule has 2 nitrogen and oxygen atoms in total. The van der Waals surface area contributed by atoms with Gasteiger partial charge in [0.15, 0.2) is 0 Å². The van der Waals surface area contributed by atoms with Crippen LogP contribution in [-0.2, 0) is 0 Å². The maximum Gasteiger partial charge on any atom is 0.0468 e. The quantitative estimate of drug-likeness (QED) is 0.717. The maximum absolute atomic E-state index is 8.92. The largest absolute Gasteiger partial charge is 0.396 e. The smallest absolute Gasteiger partial charge is 0.0468 e. The minimum Gasteiger partial charge on any atom is -0.396 e. The van der Waals surface area contributed by atoms with Crippen molar-refractivity contribution in [1.82, 2.24) is 4.90 Å². The van der Waals surface area contributed by atoms with E-state index in [4.69, 9.17) is 5.11 Å². The highest BCUT2D eigenvalue weighted by Gasteiger charge is 2.15. The highest BCUT2D eigenvalue weighted by Crippen LogP contribution is 2.08. The fourth-order valence-electron chi connectivity index (χ4n) is 1.44. The van der Waals surface area contributed by atoms with E-state index in [1.807, 2.05) is 0 Å². The van der Waals surface area contributed by atoms with Gasteiger partial charge in [-0.25, -0.2) is 0 Å². The molecule has 0 aliphatic rings. The van der Waals surface area contributed by atoms with Crippen molar-refractivity contribution in [3.63, 3.8) is 0 Å². The molecule has 0 unspecified atom stereocenters. The highest BCUT2D eigenvalue weighted by molar-refractivity contribution is 4.69. The summed E-state index contributed by atoms with van der Waals surface area (Å²) in [6, 6.07) is 1.14. The first kappa shape index (κ1) is 15.4. The van der Waals surface area contributed by atoms with Gasteiger partial charge in [-0.1, -0.05) is 14.4 Å². The second kappa shape index (κ2) is 7.34. The van der Waals surface area contributed by atoms with Crippen LogP contribution < -0.4 is 0 Å². The van der Waals surface area contributed by atoms with E-state index < -0.39 is 0 Å². The van der Waals surface area contributed by atoms with E-state index in [-0.39, 0.29) is 14.0 Å². The van der Waals surface area contributed by atoms with E-state index in [2.05, 4.69) is 39.5 Å². The van der Waals surface area contributed by atoms with Gasteiger partial charge in [-0.3, -0.25) is 4.90 Å². The Morgan fingerprint density at radius 3 is 1.62 bits per heavy atom. The number of hydrogen-bond acceptors (Lipinski definition) is 2. The number of hydrogen-bond donors (Lipinski definition) is 1. The molecule has 0 radical (unpaired) electrons. The number of nitrogens with zero attached hydrogens (tertiary/aromatic N) is 1. The van der Waals surface area contributed by atoms with E-state index >= 15 is 0 Å². The summed E-state index contributed by atoms with van der Waals surface area (Å²) in [6.07, 6.45) is 0. The van der Waals surface area contributed by atoms with E-state index in [0.717, 1.165) is 6.54 Å². The first-order chi connectivity index (χ1) is 5.49. The SMILES string of the molecule is C.CC(C)N(C[C@@H](C)CO)C(C)C. The molecule has 0 aromatic rings. The van der Waals surface area contributed by atoms with Crippen molar-refractivity contribution in [3.8, 4) is 0 Å². The summed E-state index contributed by atoms with van der Waals surface area (Å²) in [5.41, 5.74) is 0. The minimum absolute atomic E-state index is 0. The summed E-state index contributed by atoms with van der Waals surface area (Å²) in [7, 11) is 0. The number of aliphatic hydroxyl groups excluding tert-OH is 1. The highest BCUT2D eigenvalue weighted by atomic mass is 16.3. The molecular formula is C11H27NO. The van der Waals surface area contributed by atoms with Gasteiger partial charge in [0, 0.05) is 25.2 Å². The normalized spacial score (nSPS) is 13.6. The molecule has 0 aromatic heterocycles. The second-order valence-electron chi connectivity index (χ2n) is 4.17. The van der Waals surface area contributed by atoms with Crippen LogP contribution in [0.25, 0.3) is 0 Å². The molecule has 1 N–H and O–H groups in total. The summed E-state index contributed by atoms with van der Waals surface area (Å²) in [4.78, 5) is 2.40. The predicted octanol–water partition coefficient (Wildman–Crippen LogP) is 2.37. The van der Waals surface area contributed by atoms with E-state index in [0.29, 0.717) is 18.0 Å². The molecule has 0 aliphatic heterocycles. The van der Waals surface area contributed by atoms with Crippen molar-refractivity contribution >= 4 is 0 Å². The molecular weight excluding hydrogens is 162 g/mol. The van der Waals surface area contributed by atoms with E-state index in [1.165, 1.54) is 0 Å². The van der Waals surface area contributed by atoms with Gasteiger partial charge in [-0.2, -0.15) is 0 Å². The molecule has 82 valence electrons. The zero-order valence-corrected chi connectivity index (χ0v) is 9.04. The first-order valence-corrected chi connectivity index (χ1v) is 4.85. The summed E-state index contributed by atoms with van der Waals surface area (Å²) < 4.78 is 0. The Bertz CT molecular complexity index is 105. The van der Waals surface area contributed by atoms with Gasteiger partial charge in [0.1, 0.15) is 0 Å². The monoisotopic (exact) mass is 189 g/mol. The van der Waals surface area contributed by atoms with Crippen molar-refractivity contribution < 1.29 is 5.11 Å². The van der Waals surface area contributed by atoms with Crippen LogP contribution >= 0.6 is 0 Å². The summed E-state index contributed by atoms with van der Waals surface area (Å²) in [5, 5.41) is 8.92. The average Bonchev–Trinajstić information content (AvgIpc) is 1.98. The lowest BCUT2D eigenvalue weighted by atomic mass is 10.1. The Hall–Kier alpha value is -0.0800. The number of rotatable bonds is 5. The molecule has 0 aromatic carbocycles. The van der Waals surface area contributed by atoms with Crippen molar-refractivity contribution in [2.45, 2.75) is 54.1 Å². The molecule has 0 aliphatic carbocycles. The molecule has 0 saturated carbocycles. The van der Waals surface area contributed by atoms with Gasteiger partial charge >= 0.3 is 0 Å². The van der Waals surface area contributed by atoms with Gasteiger partial charge in [-0.05, 0) is 33.6 Å². The summed E-state index contributed by atoms with van der Waals surface area (Å²) in [5.74, 6) is 0.384. The molecule has 0 heterocycles. The van der Waals surface area contributed by atoms with Gasteiger partial charge in [0.05, 0.1) is 0 Å². The van der Waals surface area contributed by atoms with Crippen LogP contribution in [0.1, 0.15) is 42.0 Å². The summed E-state index contributed by atoms with van der Waals surface area (Å²) >= 11 is 0. The minimum atomic E-state index is 0. The topological polar surface area (TPSA) is 23.5 Å². The van der Waals surface area contributed by atoms with Gasteiger partial charge < -0.3 is 5.11 Å². The molecule has 0 spiro atoms. The molecule has 0 rings (SSSR count). The van der Waals surface area contributed by atoms with Crippen LogP contribution in [0.2, 0.25) is 0 Å². The van der Waals surface area contributed by atoms with Gasteiger partial charge in [0.2, 0.25) is 0 Å². The Morgan fingerprint density at radius 1 is 1.00 bits per heavy atom. The van der Waals surface area contributed by atoms with Crippen molar-refractivity contribution in [2.24, 2.45) is 5.92 Å². The van der Waals surface area contributed by atoms with Crippen LogP contribution in [0.15, 0.2) is 0 Å². The Labute approximate surface area is 83.9 Å². The molecule has 1 atom stereocenters. The predicted molar refractivity (Wildman–Crippen MR) is 60.0 cm³/mol. The van der Waals surface area contributed by atoms with Gasteiger partial charge in [0.25, 0.3) is 0 Å². The zero-order chi connectivity index (χ0) is 9.72. The molecule has 0 amide bonds. The molecule has 2 heteroatoms. The van der Waals surface area contributed by atoms with E-state index in [1.54, 1.807) is 0 Å². The third kappa shape index (κ3) is 6.05. The van der Waals surface area contributed by atoms with Gasteiger partial charge in [-0.15, -0.1) is 0 Å². The maximum atomic E-state index is 8.92. The van der Waals surface area contributed by atoms with Crippen LogP contribution in [0.3, 0.4) is 0 Å². The van der Waals surface area contributed by atoms with E-state index in [9.17, 15) is 0 Å². The lowest BCUT2D eigenvalue weighted by Crippen LogP contribution is -2.40. The average molecular weight is 189 g/mol. The Balaban J connectivity index is 0. The molecule has 0 fully saturated rings. The van der Waals surface area contributed by atoms with Crippen LogP contribution in [0, 0.1) is 5.92 Å². The lowest BCUT2D eigenvalue weighted by molar-refractivity contribution is 0.121. The third-order valence-electron chi connectivity index (χ3n) is 2.16. The van der Waals surface area contributed by atoms with Crippen molar-refractivity contribution in [1.29, 1.82) is 0 Å². The lowest BCUT2D eigenvalue weighted by Gasteiger charge is -2.32. The summed E-state index contributed by atoms with van der Waals surface area (Å²) in [6.45, 7) is 12.2. The second-order valence-corrected chi connectivity index (χ2v) is 4.17. The van der Waals surface area contributed by atoms with Crippen molar-refractivity contribution in [3.05, 3.63) is 0 Å². The zero-order valence-electron chi connectivity index (χ0n) is 9.04. The third-order valence-corrected chi connectivity index (χ3v) is 2.16. The van der Waals surface area contributed by atoms with Crippen LogP contribution in [0.5, 0.6) is 0 Å². The Kier molecular flexibility index (Phi) is 8.69. The fraction of sp³-hybridized carbons (Fsp3) is 1.00. The molecule has 0 bridgehead atoms. The molecule has 13 heavy (non-hydrogen) atoms. The Morgan fingerprint density at radius 2 is 1.38 bits per heavy atom. The first-order valence-electron chi connectivity index (χ1n) is 4.85. The fourth-order valence-corrected chi connectivity index (χ4v) is 1.44. The number of aliphatic hydroxyl groups is 1. The van der Waals surface area contributed by atoms with Crippen molar-refractivity contribution in [2.75, 3.05) is 13.2 Å². The van der Waals surface area contributed by atoms with Crippen LogP contribution in [-0.4, -0.2) is 35.2 Å². The molecule has 0 saturated heterocycles. The standard InChI is InChI=1S/C10H23NO.CH4/c1-8(2)11(9(3)4)6-10(5)7-12;/h8-10,12H,6-7H2,1-5H3;1H4/t10-;/m1./s1.